The molecule has 0 amide bonds. The summed E-state index contributed by atoms with van der Waals surface area (Å²) in [6.07, 6.45) is 3.94. The molecule has 4 heteroatoms. The second-order valence-electron chi connectivity index (χ2n) is 4.22. The van der Waals surface area contributed by atoms with Gasteiger partial charge in [-0.3, -0.25) is 0 Å². The maximum atomic E-state index is 10.6. The van der Waals surface area contributed by atoms with Crippen molar-refractivity contribution in [2.45, 2.75) is 49.6 Å². The fourth-order valence-electron chi connectivity index (χ4n) is 2.11. The Bertz CT molecular complexity index is 231. The molecule has 1 rings (SSSR count). The Balaban J connectivity index is 2.84. The van der Waals surface area contributed by atoms with Crippen LogP contribution in [0.2, 0.25) is 0 Å². The van der Waals surface area contributed by atoms with Gasteiger partial charge in [-0.05, 0) is 48.3 Å². The first kappa shape index (κ1) is 12.1. The molecule has 0 aromatic heterocycles. The Morgan fingerprint density at radius 1 is 1.50 bits per heavy atom. The smallest absolute Gasteiger partial charge is 0.450 e. The van der Waals surface area contributed by atoms with Gasteiger partial charge in [0, 0.05) is 5.41 Å². The van der Waals surface area contributed by atoms with E-state index >= 15 is 0 Å². The van der Waals surface area contributed by atoms with E-state index in [-0.39, 0.29) is 5.41 Å². The van der Waals surface area contributed by atoms with Gasteiger partial charge in [0.05, 0.1) is 0 Å². The normalized spacial score (nSPS) is 37.9. The maximum Gasteiger partial charge on any atom is 0.507 e. The van der Waals surface area contributed by atoms with Crippen LogP contribution in [-0.2, 0) is 4.74 Å². The number of carbonyl (C=O) groups is 1. The number of halogens is 1. The number of hydrogen-bond acceptors (Lipinski definition) is 2. The van der Waals surface area contributed by atoms with Gasteiger partial charge in [-0.15, -0.1) is 0 Å². The topological polar surface area (TPSA) is 46.5 Å². The second kappa shape index (κ2) is 4.24. The third-order valence-corrected chi connectivity index (χ3v) is 5.47. The summed E-state index contributed by atoms with van der Waals surface area (Å²) in [5.41, 5.74) is -0.00972. The lowest BCUT2D eigenvalue weighted by Crippen LogP contribution is -2.46. The summed E-state index contributed by atoms with van der Waals surface area (Å²) in [7, 11) is 0. The van der Waals surface area contributed by atoms with Crippen LogP contribution in [0.4, 0.5) is 4.79 Å². The first-order valence-electron chi connectivity index (χ1n) is 5.04. The first-order valence-corrected chi connectivity index (χ1v) is 6.12. The molecule has 1 aliphatic carbocycles. The minimum atomic E-state index is -1.15. The first-order chi connectivity index (χ1) is 6.43. The summed E-state index contributed by atoms with van der Waals surface area (Å²) in [4.78, 5) is 10.6. The van der Waals surface area contributed by atoms with Crippen molar-refractivity contribution in [2.24, 2.45) is 5.41 Å². The fourth-order valence-corrected chi connectivity index (χ4v) is 3.33. The Morgan fingerprint density at radius 2 is 2.07 bits per heavy atom. The summed E-state index contributed by atoms with van der Waals surface area (Å²) in [6, 6.07) is 0. The van der Waals surface area contributed by atoms with E-state index in [0.29, 0.717) is 0 Å². The third kappa shape index (κ3) is 2.15. The Hall–Kier alpha value is 0. The Kier molecular flexibility index (Phi) is 3.66. The minimum Gasteiger partial charge on any atom is -0.450 e. The molecule has 1 fully saturated rings. The maximum absolute atomic E-state index is 10.6. The molecule has 0 aromatic carbocycles. The summed E-state index contributed by atoms with van der Waals surface area (Å²) in [5, 5.41) is 8.73. The molecular formula is C10H17IO3. The summed E-state index contributed by atoms with van der Waals surface area (Å²) in [5.74, 6) is 0. The molecule has 1 saturated carbocycles. The zero-order valence-corrected chi connectivity index (χ0v) is 10.8. The van der Waals surface area contributed by atoms with Crippen LogP contribution in [-0.4, -0.2) is 14.9 Å². The van der Waals surface area contributed by atoms with E-state index in [4.69, 9.17) is 9.84 Å². The number of hydrogen-bond donors (Lipinski definition) is 1. The molecule has 2 atom stereocenters. The van der Waals surface area contributed by atoms with Crippen molar-refractivity contribution in [3.63, 3.8) is 0 Å². The standard InChI is InChI=1S/C10H17IO3/c1-3-9(2)6-4-5-7-10(9,11)14-8(12)13/h3-7H2,1-2H3,(H,12,13). The monoisotopic (exact) mass is 312 g/mol. The van der Waals surface area contributed by atoms with Gasteiger partial charge < -0.3 is 9.84 Å². The second-order valence-corrected chi connectivity index (χ2v) is 5.96. The molecule has 0 heterocycles. The number of carboxylic acid groups (broad SMARTS) is 1. The molecule has 0 radical (unpaired) electrons. The van der Waals surface area contributed by atoms with E-state index in [1.807, 2.05) is 0 Å². The van der Waals surface area contributed by atoms with Crippen LogP contribution < -0.4 is 0 Å². The summed E-state index contributed by atoms with van der Waals surface area (Å²) < 4.78 is 4.56. The van der Waals surface area contributed by atoms with E-state index in [1.54, 1.807) is 0 Å². The van der Waals surface area contributed by atoms with Crippen LogP contribution in [0.1, 0.15) is 46.0 Å². The van der Waals surface area contributed by atoms with Crippen molar-refractivity contribution in [1.29, 1.82) is 0 Å². The van der Waals surface area contributed by atoms with Crippen molar-refractivity contribution in [1.82, 2.24) is 0 Å². The van der Waals surface area contributed by atoms with Crippen molar-refractivity contribution < 1.29 is 14.6 Å². The zero-order valence-electron chi connectivity index (χ0n) is 8.68. The third-order valence-electron chi connectivity index (χ3n) is 3.41. The lowest BCUT2D eigenvalue weighted by Gasteiger charge is -2.46. The SMILES string of the molecule is CCC1(C)CCCCC1(I)OC(=O)O. The minimum absolute atomic E-state index is 0.00972. The van der Waals surface area contributed by atoms with Crippen LogP contribution in [0, 0.1) is 5.41 Å². The molecule has 82 valence electrons. The fraction of sp³-hybridized carbons (Fsp3) is 0.900. The Morgan fingerprint density at radius 3 is 2.57 bits per heavy atom. The average molecular weight is 312 g/mol. The predicted octanol–water partition coefficient (Wildman–Crippen LogP) is 3.80. The molecule has 0 aliphatic heterocycles. The van der Waals surface area contributed by atoms with Gasteiger partial charge >= 0.3 is 6.16 Å². The van der Waals surface area contributed by atoms with Crippen LogP contribution in [0.25, 0.3) is 0 Å². The largest absolute Gasteiger partial charge is 0.507 e. The molecule has 1 N–H and O–H groups in total. The number of alkyl halides is 1. The van der Waals surface area contributed by atoms with E-state index in [1.165, 1.54) is 6.42 Å². The van der Waals surface area contributed by atoms with Crippen LogP contribution in [0.5, 0.6) is 0 Å². The highest BCUT2D eigenvalue weighted by molar-refractivity contribution is 14.1. The quantitative estimate of drug-likeness (QED) is 0.479. The van der Waals surface area contributed by atoms with Gasteiger partial charge in [0.2, 0.25) is 0 Å². The van der Waals surface area contributed by atoms with Crippen LogP contribution in [0.15, 0.2) is 0 Å². The summed E-state index contributed by atoms with van der Waals surface area (Å²) in [6.45, 7) is 4.23. The Labute approximate surface area is 98.3 Å². The molecule has 0 spiro atoms. The molecular weight excluding hydrogens is 295 g/mol. The molecule has 3 nitrogen and oxygen atoms in total. The predicted molar refractivity (Wildman–Crippen MR) is 62.7 cm³/mol. The van der Waals surface area contributed by atoms with Crippen molar-refractivity contribution >= 4 is 28.7 Å². The lowest BCUT2D eigenvalue weighted by molar-refractivity contribution is -0.0504. The van der Waals surface area contributed by atoms with Crippen molar-refractivity contribution in [3.05, 3.63) is 0 Å². The van der Waals surface area contributed by atoms with E-state index < -0.39 is 9.76 Å². The molecule has 2 unspecified atom stereocenters. The van der Waals surface area contributed by atoms with Gasteiger partial charge in [-0.1, -0.05) is 20.3 Å². The van der Waals surface area contributed by atoms with Gasteiger partial charge in [-0.25, -0.2) is 4.79 Å². The van der Waals surface area contributed by atoms with Crippen LogP contribution in [0.3, 0.4) is 0 Å². The van der Waals surface area contributed by atoms with Gasteiger partial charge in [-0.2, -0.15) is 0 Å². The zero-order chi connectivity index (χ0) is 10.8. The molecule has 0 saturated heterocycles. The lowest BCUT2D eigenvalue weighted by atomic mass is 9.71. The molecule has 0 aromatic rings. The highest BCUT2D eigenvalue weighted by Gasteiger charge is 2.49. The molecule has 14 heavy (non-hydrogen) atoms. The average Bonchev–Trinajstić information content (AvgIpc) is 2.09. The van der Waals surface area contributed by atoms with Crippen molar-refractivity contribution in [3.8, 4) is 0 Å². The highest BCUT2D eigenvalue weighted by atomic mass is 127. The molecule has 0 bridgehead atoms. The molecule has 1 aliphatic rings. The van der Waals surface area contributed by atoms with E-state index in [0.717, 1.165) is 25.7 Å². The van der Waals surface area contributed by atoms with Crippen LogP contribution >= 0.6 is 22.6 Å². The highest BCUT2D eigenvalue weighted by Crippen LogP contribution is 2.52. The number of rotatable bonds is 2. The summed E-state index contributed by atoms with van der Waals surface area (Å²) >= 11 is 2.18. The number of ether oxygens (including phenoxy) is 1. The van der Waals surface area contributed by atoms with E-state index in [2.05, 4.69) is 36.4 Å². The van der Waals surface area contributed by atoms with E-state index in [9.17, 15) is 4.79 Å². The van der Waals surface area contributed by atoms with Gasteiger partial charge in [0.25, 0.3) is 0 Å². The van der Waals surface area contributed by atoms with Crippen molar-refractivity contribution in [2.75, 3.05) is 0 Å². The van der Waals surface area contributed by atoms with Gasteiger partial charge in [0.1, 0.15) is 0 Å². The van der Waals surface area contributed by atoms with Gasteiger partial charge in [0.15, 0.2) is 3.61 Å².